The molecular weight excluding hydrogens is 262 g/mol. The summed E-state index contributed by atoms with van der Waals surface area (Å²) >= 11 is 3.60. The first-order valence-electron chi connectivity index (χ1n) is 5.18. The second kappa shape index (κ2) is 4.88. The van der Waals surface area contributed by atoms with Gasteiger partial charge in [-0.1, -0.05) is 24.8 Å². The van der Waals surface area contributed by atoms with Crippen molar-refractivity contribution in [3.63, 3.8) is 0 Å². The van der Waals surface area contributed by atoms with Crippen LogP contribution in [0.15, 0.2) is 23.7 Å². The van der Waals surface area contributed by atoms with Crippen LogP contribution in [0.4, 0.5) is 5.69 Å². The average molecular weight is 280 g/mol. The zero-order valence-corrected chi connectivity index (χ0v) is 12.0. The lowest BCUT2D eigenvalue weighted by molar-refractivity contribution is 1.10. The van der Waals surface area contributed by atoms with Crippen LogP contribution >= 0.6 is 15.9 Å². The molecule has 0 bridgehead atoms. The second-order valence-electron chi connectivity index (χ2n) is 4.18. The van der Waals surface area contributed by atoms with Gasteiger partial charge >= 0.3 is 0 Å². The first-order valence-corrected chi connectivity index (χ1v) is 5.98. The molecule has 0 spiro atoms. The molecule has 0 unspecified atom stereocenters. The molecule has 86 valence electrons. The molecular formula is C14H18BrN. The summed E-state index contributed by atoms with van der Waals surface area (Å²) < 4.78 is 1.09. The summed E-state index contributed by atoms with van der Waals surface area (Å²) in [5.41, 5.74) is 5.83. The van der Waals surface area contributed by atoms with Gasteiger partial charge in [0, 0.05) is 18.6 Å². The molecule has 0 aliphatic heterocycles. The fraction of sp³-hybridized carbons (Fsp3) is 0.286. The Labute approximate surface area is 107 Å². The van der Waals surface area contributed by atoms with E-state index < -0.39 is 0 Å². The highest BCUT2D eigenvalue weighted by Gasteiger charge is 2.14. The monoisotopic (exact) mass is 279 g/mol. The van der Waals surface area contributed by atoms with Crippen LogP contribution in [-0.4, -0.2) is 14.1 Å². The summed E-state index contributed by atoms with van der Waals surface area (Å²) in [6, 6.07) is 2.10. The minimum absolute atomic E-state index is 1.07. The molecule has 0 saturated heterocycles. The predicted octanol–water partition coefficient (Wildman–Crippen LogP) is 4.50. The number of nitrogens with zero attached hydrogens (tertiary/aromatic N) is 1. The standard InChI is InChI=1S/C14H18BrN/c1-7-11-8-12(15)14(16(5)6)10(4)13(11)9(2)3/h7-8H,1-2H2,3-6H3. The zero-order valence-electron chi connectivity index (χ0n) is 10.4. The Hall–Kier alpha value is -1.02. The number of hydrogen-bond donors (Lipinski definition) is 0. The van der Waals surface area contributed by atoms with Crippen molar-refractivity contribution in [1.82, 2.24) is 0 Å². The van der Waals surface area contributed by atoms with Gasteiger partial charge in [0.1, 0.15) is 0 Å². The van der Waals surface area contributed by atoms with Gasteiger partial charge in [-0.15, -0.1) is 0 Å². The van der Waals surface area contributed by atoms with Crippen molar-refractivity contribution in [3.05, 3.63) is 40.4 Å². The molecule has 0 aliphatic rings. The van der Waals surface area contributed by atoms with E-state index >= 15 is 0 Å². The fourth-order valence-electron chi connectivity index (χ4n) is 2.07. The first kappa shape index (κ1) is 13.0. The Bertz CT molecular complexity index is 445. The number of anilines is 1. The second-order valence-corrected chi connectivity index (χ2v) is 5.03. The van der Waals surface area contributed by atoms with Gasteiger partial charge in [-0.3, -0.25) is 0 Å². The summed E-state index contributed by atoms with van der Waals surface area (Å²) in [5, 5.41) is 0. The van der Waals surface area contributed by atoms with E-state index in [2.05, 4.69) is 47.0 Å². The third-order valence-electron chi connectivity index (χ3n) is 2.62. The van der Waals surface area contributed by atoms with E-state index in [9.17, 15) is 0 Å². The van der Waals surface area contributed by atoms with E-state index in [0.717, 1.165) is 15.6 Å². The molecule has 16 heavy (non-hydrogen) atoms. The molecule has 0 atom stereocenters. The number of hydrogen-bond acceptors (Lipinski definition) is 1. The van der Waals surface area contributed by atoms with Gasteiger partial charge in [0.2, 0.25) is 0 Å². The fourth-order valence-corrected chi connectivity index (χ4v) is 2.97. The van der Waals surface area contributed by atoms with E-state index in [0.29, 0.717) is 0 Å². The van der Waals surface area contributed by atoms with Crippen LogP contribution in [0.2, 0.25) is 0 Å². The van der Waals surface area contributed by atoms with E-state index in [1.54, 1.807) is 0 Å². The summed E-state index contributed by atoms with van der Waals surface area (Å²) in [4.78, 5) is 2.11. The van der Waals surface area contributed by atoms with Crippen molar-refractivity contribution < 1.29 is 0 Å². The SMILES string of the molecule is C=Cc1cc(Br)c(N(C)C)c(C)c1C(=C)C. The number of allylic oxidation sites excluding steroid dienone is 1. The van der Waals surface area contributed by atoms with Crippen molar-refractivity contribution >= 4 is 33.3 Å². The average Bonchev–Trinajstić information content (AvgIpc) is 2.14. The van der Waals surface area contributed by atoms with Crippen molar-refractivity contribution in [3.8, 4) is 0 Å². The molecule has 1 aromatic carbocycles. The molecule has 1 aromatic rings. The maximum absolute atomic E-state index is 4.04. The smallest absolute Gasteiger partial charge is 0.0541 e. The molecule has 0 heterocycles. The minimum atomic E-state index is 1.07. The van der Waals surface area contributed by atoms with Crippen LogP contribution in [0.3, 0.4) is 0 Å². The Morgan fingerprint density at radius 2 is 2.00 bits per heavy atom. The molecule has 0 amide bonds. The molecule has 0 aliphatic carbocycles. The highest BCUT2D eigenvalue weighted by Crippen LogP contribution is 2.36. The topological polar surface area (TPSA) is 3.24 Å². The summed E-state index contributed by atoms with van der Waals surface area (Å²) in [7, 11) is 4.09. The molecule has 0 N–H and O–H groups in total. The quantitative estimate of drug-likeness (QED) is 0.788. The normalized spacial score (nSPS) is 10.1. The molecule has 2 heteroatoms. The molecule has 0 fully saturated rings. The minimum Gasteiger partial charge on any atom is -0.377 e. The third kappa shape index (κ3) is 2.22. The highest BCUT2D eigenvalue weighted by molar-refractivity contribution is 9.10. The van der Waals surface area contributed by atoms with Crippen LogP contribution < -0.4 is 4.90 Å². The van der Waals surface area contributed by atoms with Crippen LogP contribution in [-0.2, 0) is 0 Å². The van der Waals surface area contributed by atoms with Gasteiger partial charge in [-0.2, -0.15) is 0 Å². The van der Waals surface area contributed by atoms with Crippen molar-refractivity contribution in [2.75, 3.05) is 19.0 Å². The molecule has 0 aromatic heterocycles. The van der Waals surface area contributed by atoms with Crippen LogP contribution in [0, 0.1) is 6.92 Å². The van der Waals surface area contributed by atoms with E-state index in [1.165, 1.54) is 16.8 Å². The number of benzene rings is 1. The van der Waals surface area contributed by atoms with E-state index in [4.69, 9.17) is 0 Å². The van der Waals surface area contributed by atoms with Crippen molar-refractivity contribution in [2.24, 2.45) is 0 Å². The van der Waals surface area contributed by atoms with Gasteiger partial charge in [-0.25, -0.2) is 0 Å². The Morgan fingerprint density at radius 1 is 1.44 bits per heavy atom. The summed E-state index contributed by atoms with van der Waals surface area (Å²) in [5.74, 6) is 0. The third-order valence-corrected chi connectivity index (χ3v) is 3.23. The Balaban J connectivity index is 3.64. The molecule has 1 rings (SSSR count). The summed E-state index contributed by atoms with van der Waals surface area (Å²) in [6.45, 7) is 12.1. The summed E-state index contributed by atoms with van der Waals surface area (Å²) in [6.07, 6.45) is 1.88. The lowest BCUT2D eigenvalue weighted by Crippen LogP contribution is -2.12. The largest absolute Gasteiger partial charge is 0.377 e. The zero-order chi connectivity index (χ0) is 12.5. The lowest BCUT2D eigenvalue weighted by Gasteiger charge is -2.22. The first-order chi connectivity index (χ1) is 7.40. The number of rotatable bonds is 3. The maximum atomic E-state index is 4.04. The predicted molar refractivity (Wildman–Crippen MR) is 78.0 cm³/mol. The van der Waals surface area contributed by atoms with Gasteiger partial charge in [0.25, 0.3) is 0 Å². The Morgan fingerprint density at radius 3 is 2.38 bits per heavy atom. The van der Waals surface area contributed by atoms with Crippen LogP contribution in [0.1, 0.15) is 23.6 Å². The van der Waals surface area contributed by atoms with Gasteiger partial charge in [0.15, 0.2) is 0 Å². The van der Waals surface area contributed by atoms with Gasteiger partial charge in [-0.05, 0) is 52.5 Å². The van der Waals surface area contributed by atoms with E-state index in [-0.39, 0.29) is 0 Å². The van der Waals surface area contributed by atoms with E-state index in [1.807, 2.05) is 27.1 Å². The van der Waals surface area contributed by atoms with Crippen LogP contribution in [0.25, 0.3) is 11.6 Å². The van der Waals surface area contributed by atoms with Gasteiger partial charge < -0.3 is 4.90 Å². The molecule has 0 radical (unpaired) electrons. The van der Waals surface area contributed by atoms with Crippen molar-refractivity contribution in [2.45, 2.75) is 13.8 Å². The highest BCUT2D eigenvalue weighted by atomic mass is 79.9. The van der Waals surface area contributed by atoms with Crippen molar-refractivity contribution in [1.29, 1.82) is 0 Å². The maximum Gasteiger partial charge on any atom is 0.0541 e. The lowest BCUT2D eigenvalue weighted by atomic mass is 9.95. The van der Waals surface area contributed by atoms with Gasteiger partial charge in [0.05, 0.1) is 5.69 Å². The van der Waals surface area contributed by atoms with Crippen LogP contribution in [0.5, 0.6) is 0 Å². The molecule has 1 nitrogen and oxygen atoms in total. The molecule has 0 saturated carbocycles. The number of halogens is 1. The Kier molecular flexibility index (Phi) is 3.98.